The van der Waals surface area contributed by atoms with Crippen molar-refractivity contribution in [3.05, 3.63) is 95.3 Å². The van der Waals surface area contributed by atoms with E-state index in [1.165, 1.54) is 17.7 Å². The van der Waals surface area contributed by atoms with Crippen LogP contribution in [0.5, 0.6) is 11.5 Å². The molecule has 3 aromatic rings. The summed E-state index contributed by atoms with van der Waals surface area (Å²) in [5.41, 5.74) is 2.26. The summed E-state index contributed by atoms with van der Waals surface area (Å²) in [5.74, 6) is 0.566. The molecular weight excluding hydrogens is 393 g/mol. The van der Waals surface area contributed by atoms with Crippen molar-refractivity contribution in [2.45, 2.75) is 25.4 Å². The number of benzene rings is 3. The van der Waals surface area contributed by atoms with Crippen LogP contribution >= 0.6 is 0 Å². The second-order valence-electron chi connectivity index (χ2n) is 7.78. The SMILES string of the molecule is COc1ccc(CCC2(C)C=Cc3cc(NC(=O)c4ccccc4F)ccc3O2)cc1. The summed E-state index contributed by atoms with van der Waals surface area (Å²) in [7, 11) is 1.66. The topological polar surface area (TPSA) is 47.6 Å². The van der Waals surface area contributed by atoms with E-state index in [0.717, 1.165) is 29.9 Å². The Morgan fingerprint density at radius 2 is 1.87 bits per heavy atom. The predicted octanol–water partition coefficient (Wildman–Crippen LogP) is 5.88. The predicted molar refractivity (Wildman–Crippen MR) is 120 cm³/mol. The summed E-state index contributed by atoms with van der Waals surface area (Å²) < 4.78 is 25.3. The maximum atomic E-state index is 13.8. The molecule has 1 aliphatic heterocycles. The van der Waals surface area contributed by atoms with Gasteiger partial charge in [0.05, 0.1) is 12.7 Å². The molecule has 3 aromatic carbocycles. The van der Waals surface area contributed by atoms with Crippen LogP contribution in [0.1, 0.15) is 34.8 Å². The highest BCUT2D eigenvalue weighted by Crippen LogP contribution is 2.35. The minimum Gasteiger partial charge on any atom is -0.497 e. The van der Waals surface area contributed by atoms with Crippen LogP contribution in [0, 0.1) is 5.82 Å². The number of aryl methyl sites for hydroxylation is 1. The quantitative estimate of drug-likeness (QED) is 0.545. The Kier molecular flexibility index (Phi) is 5.76. The Morgan fingerprint density at radius 3 is 2.61 bits per heavy atom. The van der Waals surface area contributed by atoms with Gasteiger partial charge in [0.2, 0.25) is 0 Å². The Balaban J connectivity index is 1.42. The van der Waals surface area contributed by atoms with Crippen molar-refractivity contribution in [2.75, 3.05) is 12.4 Å². The summed E-state index contributed by atoms with van der Waals surface area (Å²) in [6.07, 6.45) is 5.74. The van der Waals surface area contributed by atoms with E-state index in [-0.39, 0.29) is 5.56 Å². The van der Waals surface area contributed by atoms with Crippen LogP contribution in [0.2, 0.25) is 0 Å². The van der Waals surface area contributed by atoms with Crippen LogP contribution in [0.15, 0.2) is 72.8 Å². The van der Waals surface area contributed by atoms with Crippen molar-refractivity contribution in [3.8, 4) is 11.5 Å². The van der Waals surface area contributed by atoms with Gasteiger partial charge in [0, 0.05) is 11.3 Å². The lowest BCUT2D eigenvalue weighted by atomic mass is 9.93. The average Bonchev–Trinajstić information content (AvgIpc) is 2.78. The monoisotopic (exact) mass is 417 g/mol. The number of nitrogens with one attached hydrogen (secondary N) is 1. The molecule has 1 N–H and O–H groups in total. The number of carbonyl (C=O) groups is 1. The number of fused-ring (bicyclic) bond motifs is 1. The molecule has 5 heteroatoms. The number of anilines is 1. The second kappa shape index (κ2) is 8.64. The molecular formula is C26H24FNO3. The van der Waals surface area contributed by atoms with E-state index >= 15 is 0 Å². The number of amides is 1. The molecule has 0 aromatic heterocycles. The van der Waals surface area contributed by atoms with E-state index < -0.39 is 17.3 Å². The first-order valence-electron chi connectivity index (χ1n) is 10.2. The number of methoxy groups -OCH3 is 1. The van der Waals surface area contributed by atoms with Gasteiger partial charge in [0.15, 0.2) is 0 Å². The molecule has 0 fully saturated rings. The van der Waals surface area contributed by atoms with Gasteiger partial charge in [-0.1, -0.05) is 30.3 Å². The molecule has 158 valence electrons. The van der Waals surface area contributed by atoms with E-state index in [1.807, 2.05) is 36.4 Å². The fourth-order valence-corrected chi connectivity index (χ4v) is 3.56. The molecule has 1 atom stereocenters. The number of hydrogen-bond donors (Lipinski definition) is 1. The highest BCUT2D eigenvalue weighted by Gasteiger charge is 2.27. The second-order valence-corrected chi connectivity index (χ2v) is 7.78. The molecule has 4 rings (SSSR count). The molecule has 0 saturated carbocycles. The van der Waals surface area contributed by atoms with Crippen LogP contribution < -0.4 is 14.8 Å². The summed E-state index contributed by atoms with van der Waals surface area (Å²) in [5, 5.41) is 2.75. The standard InChI is InChI=1S/C26H24FNO3/c1-26(15-13-18-7-10-21(30-2)11-8-18)16-14-19-17-20(9-12-24(19)31-26)28-25(29)22-5-3-4-6-23(22)27/h3-12,14,16-17H,13,15H2,1-2H3,(H,28,29). The Labute approximate surface area is 181 Å². The number of hydrogen-bond acceptors (Lipinski definition) is 3. The van der Waals surface area contributed by atoms with Crippen molar-refractivity contribution in [2.24, 2.45) is 0 Å². The Morgan fingerprint density at radius 1 is 1.10 bits per heavy atom. The lowest BCUT2D eigenvalue weighted by Gasteiger charge is -2.32. The first-order valence-corrected chi connectivity index (χ1v) is 10.2. The van der Waals surface area contributed by atoms with E-state index in [4.69, 9.17) is 9.47 Å². The van der Waals surface area contributed by atoms with Crippen molar-refractivity contribution in [1.82, 2.24) is 0 Å². The maximum Gasteiger partial charge on any atom is 0.258 e. The molecule has 0 radical (unpaired) electrons. The third-order valence-corrected chi connectivity index (χ3v) is 5.41. The average molecular weight is 417 g/mol. The van der Waals surface area contributed by atoms with Crippen molar-refractivity contribution >= 4 is 17.7 Å². The zero-order valence-corrected chi connectivity index (χ0v) is 17.5. The molecule has 0 aliphatic carbocycles. The van der Waals surface area contributed by atoms with Crippen LogP contribution in [0.4, 0.5) is 10.1 Å². The lowest BCUT2D eigenvalue weighted by Crippen LogP contribution is -2.32. The summed E-state index contributed by atoms with van der Waals surface area (Å²) in [6.45, 7) is 2.06. The normalized spacial score (nSPS) is 16.9. The van der Waals surface area contributed by atoms with Crippen molar-refractivity contribution in [1.29, 1.82) is 0 Å². The molecule has 0 spiro atoms. The smallest absolute Gasteiger partial charge is 0.258 e. The fraction of sp³-hybridized carbons (Fsp3) is 0.192. The van der Waals surface area contributed by atoms with Crippen LogP contribution in [-0.4, -0.2) is 18.6 Å². The number of halogens is 1. The van der Waals surface area contributed by atoms with Crippen LogP contribution in [-0.2, 0) is 6.42 Å². The molecule has 0 bridgehead atoms. The Hall–Kier alpha value is -3.60. The largest absolute Gasteiger partial charge is 0.497 e. The van der Waals surface area contributed by atoms with E-state index in [2.05, 4.69) is 24.4 Å². The fourth-order valence-electron chi connectivity index (χ4n) is 3.56. The molecule has 1 unspecified atom stereocenters. The molecule has 4 nitrogen and oxygen atoms in total. The van der Waals surface area contributed by atoms with E-state index in [9.17, 15) is 9.18 Å². The summed E-state index contributed by atoms with van der Waals surface area (Å²) in [4.78, 5) is 12.4. The van der Waals surface area contributed by atoms with Gasteiger partial charge in [-0.2, -0.15) is 0 Å². The minimum atomic E-state index is -0.547. The zero-order valence-electron chi connectivity index (χ0n) is 17.5. The highest BCUT2D eigenvalue weighted by molar-refractivity contribution is 6.04. The molecule has 1 amide bonds. The first kappa shape index (κ1) is 20.7. The third kappa shape index (κ3) is 4.77. The van der Waals surface area contributed by atoms with Gasteiger partial charge in [-0.05, 0) is 73.9 Å². The van der Waals surface area contributed by atoms with E-state index in [1.54, 1.807) is 25.3 Å². The number of carbonyl (C=O) groups excluding carboxylic acids is 1. The molecule has 1 aliphatic rings. The third-order valence-electron chi connectivity index (χ3n) is 5.41. The van der Waals surface area contributed by atoms with Gasteiger partial charge in [-0.15, -0.1) is 0 Å². The number of ether oxygens (including phenoxy) is 2. The minimum absolute atomic E-state index is 0.0121. The zero-order chi connectivity index (χ0) is 21.8. The maximum absolute atomic E-state index is 13.8. The van der Waals surface area contributed by atoms with Gasteiger partial charge < -0.3 is 14.8 Å². The van der Waals surface area contributed by atoms with Crippen molar-refractivity contribution in [3.63, 3.8) is 0 Å². The van der Waals surface area contributed by atoms with Gasteiger partial charge >= 0.3 is 0 Å². The molecule has 1 heterocycles. The van der Waals surface area contributed by atoms with Gasteiger partial charge in [-0.3, -0.25) is 4.79 Å². The first-order chi connectivity index (χ1) is 15.0. The molecule has 31 heavy (non-hydrogen) atoms. The number of rotatable bonds is 6. The Bertz CT molecular complexity index is 1120. The molecule has 0 saturated heterocycles. The van der Waals surface area contributed by atoms with Crippen LogP contribution in [0.3, 0.4) is 0 Å². The van der Waals surface area contributed by atoms with Gasteiger partial charge in [0.25, 0.3) is 5.91 Å². The van der Waals surface area contributed by atoms with Crippen molar-refractivity contribution < 1.29 is 18.7 Å². The van der Waals surface area contributed by atoms with Gasteiger partial charge in [0.1, 0.15) is 22.9 Å². The van der Waals surface area contributed by atoms with E-state index in [0.29, 0.717) is 5.69 Å². The highest BCUT2D eigenvalue weighted by atomic mass is 19.1. The van der Waals surface area contributed by atoms with Gasteiger partial charge in [-0.25, -0.2) is 4.39 Å². The summed E-state index contributed by atoms with van der Waals surface area (Å²) >= 11 is 0. The van der Waals surface area contributed by atoms with Crippen LogP contribution in [0.25, 0.3) is 6.08 Å². The summed E-state index contributed by atoms with van der Waals surface area (Å²) in [6, 6.07) is 19.4. The lowest BCUT2D eigenvalue weighted by molar-refractivity contribution is 0.102.